The van der Waals surface area contributed by atoms with Crippen molar-refractivity contribution in [2.75, 3.05) is 11.9 Å². The maximum Gasteiger partial charge on any atom is 0.229 e. The van der Waals surface area contributed by atoms with Crippen LogP contribution in [0.4, 0.5) is 5.69 Å². The van der Waals surface area contributed by atoms with Gasteiger partial charge >= 0.3 is 0 Å². The molecule has 5 heteroatoms. The summed E-state index contributed by atoms with van der Waals surface area (Å²) in [4.78, 5) is 26.5. The molecule has 0 saturated carbocycles. The molecule has 1 fully saturated rings. The summed E-state index contributed by atoms with van der Waals surface area (Å²) in [6, 6.07) is 13.5. The summed E-state index contributed by atoms with van der Waals surface area (Å²) in [5.74, 6) is -0.454. The first-order chi connectivity index (χ1) is 11.9. The Morgan fingerprint density at radius 2 is 1.92 bits per heavy atom. The van der Waals surface area contributed by atoms with Crippen molar-refractivity contribution in [1.29, 1.82) is 0 Å². The molecule has 2 aromatic carbocycles. The second-order valence-electron chi connectivity index (χ2n) is 6.61. The maximum atomic E-state index is 12.5. The summed E-state index contributed by atoms with van der Waals surface area (Å²) in [6.07, 6.45) is 0.247. The van der Waals surface area contributed by atoms with Crippen molar-refractivity contribution in [3.8, 4) is 0 Å². The minimum atomic E-state index is -0.337. The Morgan fingerprint density at radius 3 is 2.64 bits per heavy atom. The first kappa shape index (κ1) is 17.5. The molecule has 1 heterocycles. The SMILES string of the molecule is Cc1ccc(CN2C[C@@H](C(=O)Nc3cc(Cl)ccc3C)CC2=O)cc1. The predicted octanol–water partition coefficient (Wildman–Crippen LogP) is 3.94. The van der Waals surface area contributed by atoms with Gasteiger partial charge in [0.15, 0.2) is 0 Å². The summed E-state index contributed by atoms with van der Waals surface area (Å²) in [7, 11) is 0. The van der Waals surface area contributed by atoms with Crippen molar-refractivity contribution < 1.29 is 9.59 Å². The van der Waals surface area contributed by atoms with Crippen molar-refractivity contribution in [1.82, 2.24) is 4.90 Å². The Bertz CT molecular complexity index is 802. The van der Waals surface area contributed by atoms with Crippen LogP contribution in [0, 0.1) is 19.8 Å². The highest BCUT2D eigenvalue weighted by molar-refractivity contribution is 6.31. The van der Waals surface area contributed by atoms with Crippen LogP contribution in [0.3, 0.4) is 0 Å². The van der Waals surface area contributed by atoms with E-state index in [1.54, 1.807) is 17.0 Å². The third-order valence-corrected chi connectivity index (χ3v) is 4.77. The fraction of sp³-hybridized carbons (Fsp3) is 0.300. The minimum absolute atomic E-state index is 0.0172. The molecule has 1 saturated heterocycles. The van der Waals surface area contributed by atoms with Crippen molar-refractivity contribution in [2.24, 2.45) is 5.92 Å². The highest BCUT2D eigenvalue weighted by Gasteiger charge is 2.34. The van der Waals surface area contributed by atoms with Crippen LogP contribution in [0.25, 0.3) is 0 Å². The molecule has 130 valence electrons. The van der Waals surface area contributed by atoms with Gasteiger partial charge in [-0.25, -0.2) is 0 Å². The first-order valence-corrected chi connectivity index (χ1v) is 8.70. The number of carbonyl (C=O) groups is 2. The molecule has 0 radical (unpaired) electrons. The van der Waals surface area contributed by atoms with E-state index in [0.29, 0.717) is 23.8 Å². The minimum Gasteiger partial charge on any atom is -0.338 e. The monoisotopic (exact) mass is 356 g/mol. The lowest BCUT2D eigenvalue weighted by molar-refractivity contribution is -0.128. The number of amides is 2. The average Bonchev–Trinajstić information content (AvgIpc) is 2.94. The van der Waals surface area contributed by atoms with Crippen molar-refractivity contribution in [2.45, 2.75) is 26.8 Å². The molecule has 1 aliphatic heterocycles. The summed E-state index contributed by atoms with van der Waals surface area (Å²) < 4.78 is 0. The predicted molar refractivity (Wildman–Crippen MR) is 99.5 cm³/mol. The zero-order chi connectivity index (χ0) is 18.0. The molecule has 0 aliphatic carbocycles. The third-order valence-electron chi connectivity index (χ3n) is 4.54. The number of nitrogens with one attached hydrogen (secondary N) is 1. The second-order valence-corrected chi connectivity index (χ2v) is 7.05. The van der Waals surface area contributed by atoms with Gasteiger partial charge in [-0.2, -0.15) is 0 Å². The molecule has 0 unspecified atom stereocenters. The summed E-state index contributed by atoms with van der Waals surface area (Å²) >= 11 is 5.99. The van der Waals surface area contributed by atoms with Crippen LogP contribution in [0.1, 0.15) is 23.1 Å². The Morgan fingerprint density at radius 1 is 1.20 bits per heavy atom. The summed E-state index contributed by atoms with van der Waals surface area (Å²) in [5.41, 5.74) is 3.90. The number of hydrogen-bond acceptors (Lipinski definition) is 2. The van der Waals surface area contributed by atoms with E-state index < -0.39 is 0 Å². The lowest BCUT2D eigenvalue weighted by Crippen LogP contribution is -2.28. The van der Waals surface area contributed by atoms with Crippen LogP contribution in [-0.4, -0.2) is 23.3 Å². The van der Waals surface area contributed by atoms with E-state index in [1.165, 1.54) is 5.56 Å². The van der Waals surface area contributed by atoms with Crippen LogP contribution < -0.4 is 5.32 Å². The van der Waals surface area contributed by atoms with Crippen LogP contribution in [-0.2, 0) is 16.1 Å². The number of benzene rings is 2. The zero-order valence-corrected chi connectivity index (χ0v) is 15.1. The Kier molecular flexibility index (Phi) is 5.09. The fourth-order valence-corrected chi connectivity index (χ4v) is 3.15. The van der Waals surface area contributed by atoms with E-state index in [1.807, 2.05) is 44.2 Å². The van der Waals surface area contributed by atoms with Crippen molar-refractivity contribution >= 4 is 29.1 Å². The smallest absolute Gasteiger partial charge is 0.229 e. The van der Waals surface area contributed by atoms with Crippen molar-refractivity contribution in [3.63, 3.8) is 0 Å². The van der Waals surface area contributed by atoms with E-state index in [2.05, 4.69) is 5.32 Å². The Labute approximate surface area is 152 Å². The average molecular weight is 357 g/mol. The molecule has 2 amide bonds. The van der Waals surface area contributed by atoms with Gasteiger partial charge in [0, 0.05) is 30.2 Å². The zero-order valence-electron chi connectivity index (χ0n) is 14.4. The number of rotatable bonds is 4. The molecule has 1 atom stereocenters. The highest BCUT2D eigenvalue weighted by atomic mass is 35.5. The van der Waals surface area contributed by atoms with E-state index in [9.17, 15) is 9.59 Å². The van der Waals surface area contributed by atoms with Crippen LogP contribution >= 0.6 is 11.6 Å². The van der Waals surface area contributed by atoms with Gasteiger partial charge in [0.25, 0.3) is 0 Å². The van der Waals surface area contributed by atoms with E-state index in [0.717, 1.165) is 11.1 Å². The van der Waals surface area contributed by atoms with Crippen LogP contribution in [0.2, 0.25) is 5.02 Å². The summed E-state index contributed by atoms with van der Waals surface area (Å²) in [6.45, 7) is 4.93. The number of aryl methyl sites for hydroxylation is 2. The van der Waals surface area contributed by atoms with E-state index >= 15 is 0 Å². The van der Waals surface area contributed by atoms with Gasteiger partial charge < -0.3 is 10.2 Å². The number of anilines is 1. The lowest BCUT2D eigenvalue weighted by Gasteiger charge is -2.17. The quantitative estimate of drug-likeness (QED) is 0.901. The summed E-state index contributed by atoms with van der Waals surface area (Å²) in [5, 5.41) is 3.48. The van der Waals surface area contributed by atoms with Crippen LogP contribution in [0.5, 0.6) is 0 Å². The molecular formula is C20H21ClN2O2. The second kappa shape index (κ2) is 7.28. The molecule has 25 heavy (non-hydrogen) atoms. The number of halogens is 1. The fourth-order valence-electron chi connectivity index (χ4n) is 2.98. The molecule has 0 spiro atoms. The van der Waals surface area contributed by atoms with Gasteiger partial charge in [0.1, 0.15) is 0 Å². The number of hydrogen-bond donors (Lipinski definition) is 1. The maximum absolute atomic E-state index is 12.5. The van der Waals surface area contributed by atoms with Gasteiger partial charge in [0.2, 0.25) is 11.8 Å². The Balaban J connectivity index is 1.64. The number of likely N-dealkylation sites (tertiary alicyclic amines) is 1. The van der Waals surface area contributed by atoms with Gasteiger partial charge in [-0.1, -0.05) is 47.5 Å². The molecule has 1 N–H and O–H groups in total. The topological polar surface area (TPSA) is 49.4 Å². The lowest BCUT2D eigenvalue weighted by atomic mass is 10.1. The van der Waals surface area contributed by atoms with Crippen LogP contribution in [0.15, 0.2) is 42.5 Å². The number of nitrogens with zero attached hydrogens (tertiary/aromatic N) is 1. The Hall–Kier alpha value is -2.33. The molecular weight excluding hydrogens is 336 g/mol. The third kappa shape index (κ3) is 4.20. The molecule has 4 nitrogen and oxygen atoms in total. The largest absolute Gasteiger partial charge is 0.338 e. The number of carbonyl (C=O) groups excluding carboxylic acids is 2. The standard InChI is InChI=1S/C20H21ClN2O2/c1-13-3-6-15(7-4-13)11-23-12-16(9-19(23)24)20(25)22-18-10-17(21)8-5-14(18)2/h3-8,10,16H,9,11-12H2,1-2H3,(H,22,25)/t16-/m0/s1. The van der Waals surface area contributed by atoms with E-state index in [4.69, 9.17) is 11.6 Å². The molecule has 1 aliphatic rings. The molecule has 2 aromatic rings. The van der Waals surface area contributed by atoms with Gasteiger partial charge in [-0.15, -0.1) is 0 Å². The van der Waals surface area contributed by atoms with Crippen molar-refractivity contribution in [3.05, 3.63) is 64.2 Å². The van der Waals surface area contributed by atoms with Gasteiger partial charge in [-0.05, 0) is 37.1 Å². The normalized spacial score (nSPS) is 17.0. The highest BCUT2D eigenvalue weighted by Crippen LogP contribution is 2.24. The first-order valence-electron chi connectivity index (χ1n) is 8.32. The van der Waals surface area contributed by atoms with E-state index in [-0.39, 0.29) is 24.2 Å². The molecule has 3 rings (SSSR count). The molecule has 0 bridgehead atoms. The van der Waals surface area contributed by atoms with Gasteiger partial charge in [-0.3, -0.25) is 9.59 Å². The molecule has 0 aromatic heterocycles. The van der Waals surface area contributed by atoms with Gasteiger partial charge in [0.05, 0.1) is 5.92 Å².